The Kier molecular flexibility index (Phi) is 6.24. The topological polar surface area (TPSA) is 65.4 Å². The van der Waals surface area contributed by atoms with Gasteiger partial charge in [0.05, 0.1) is 0 Å². The van der Waals surface area contributed by atoms with Gasteiger partial charge in [0.1, 0.15) is 11.4 Å². The van der Waals surface area contributed by atoms with E-state index >= 15 is 0 Å². The van der Waals surface area contributed by atoms with E-state index in [4.69, 9.17) is 21.1 Å². The molecule has 0 saturated carbocycles. The van der Waals surface area contributed by atoms with Gasteiger partial charge in [-0.25, -0.2) is 4.68 Å². The molecule has 0 fully saturated rings. The smallest absolute Gasteiger partial charge is 0.271 e. The van der Waals surface area contributed by atoms with Crippen LogP contribution in [0.25, 0.3) is 0 Å². The standard InChI is InChI=1S/C15H18ClN3O3/c1-21-10-2-8-17-15(20)14-7-9-19(18-14)11-22-13-5-3-12(16)4-6-13/h3-7,9H,2,8,10-11H2,1H3,(H,17,20). The van der Waals surface area contributed by atoms with Crippen molar-refractivity contribution in [2.24, 2.45) is 0 Å². The number of nitrogens with zero attached hydrogens (tertiary/aromatic N) is 2. The first kappa shape index (κ1) is 16.3. The molecule has 7 heteroatoms. The van der Waals surface area contributed by atoms with Gasteiger partial charge in [0.2, 0.25) is 0 Å². The van der Waals surface area contributed by atoms with Gasteiger partial charge in [0, 0.05) is 31.5 Å². The number of halogens is 1. The molecule has 0 unspecified atom stereocenters. The SMILES string of the molecule is COCCCNC(=O)c1ccn(COc2ccc(Cl)cc2)n1. The molecule has 0 aliphatic heterocycles. The minimum atomic E-state index is -0.207. The Balaban J connectivity index is 1.80. The average Bonchev–Trinajstić information content (AvgIpc) is 3.00. The summed E-state index contributed by atoms with van der Waals surface area (Å²) in [5.41, 5.74) is 0.358. The summed E-state index contributed by atoms with van der Waals surface area (Å²) in [6, 6.07) is 8.69. The van der Waals surface area contributed by atoms with Crippen LogP contribution in [-0.2, 0) is 11.5 Å². The van der Waals surface area contributed by atoms with Crippen molar-refractivity contribution in [1.29, 1.82) is 0 Å². The monoisotopic (exact) mass is 323 g/mol. The number of hydrogen-bond acceptors (Lipinski definition) is 4. The lowest BCUT2D eigenvalue weighted by Gasteiger charge is -2.06. The molecule has 1 heterocycles. The van der Waals surface area contributed by atoms with Crippen molar-refractivity contribution in [3.63, 3.8) is 0 Å². The van der Waals surface area contributed by atoms with E-state index in [1.807, 2.05) is 0 Å². The lowest BCUT2D eigenvalue weighted by molar-refractivity contribution is 0.0941. The number of aromatic nitrogens is 2. The van der Waals surface area contributed by atoms with E-state index in [2.05, 4.69) is 10.4 Å². The summed E-state index contributed by atoms with van der Waals surface area (Å²) in [4.78, 5) is 11.8. The Morgan fingerprint density at radius 1 is 1.32 bits per heavy atom. The van der Waals surface area contributed by atoms with Gasteiger partial charge >= 0.3 is 0 Å². The van der Waals surface area contributed by atoms with Gasteiger partial charge in [-0.2, -0.15) is 5.10 Å². The highest BCUT2D eigenvalue weighted by atomic mass is 35.5. The zero-order valence-electron chi connectivity index (χ0n) is 12.3. The van der Waals surface area contributed by atoms with Crippen molar-refractivity contribution < 1.29 is 14.3 Å². The molecular formula is C15H18ClN3O3. The van der Waals surface area contributed by atoms with Crippen LogP contribution in [0.3, 0.4) is 0 Å². The van der Waals surface area contributed by atoms with E-state index in [-0.39, 0.29) is 12.6 Å². The number of hydrogen-bond donors (Lipinski definition) is 1. The third-order valence-corrected chi connectivity index (χ3v) is 3.11. The van der Waals surface area contributed by atoms with E-state index in [9.17, 15) is 4.79 Å². The predicted octanol–water partition coefficient (Wildman–Crippen LogP) is 2.34. The molecule has 118 valence electrons. The number of amides is 1. The fraction of sp³-hybridized carbons (Fsp3) is 0.333. The molecule has 2 aromatic rings. The molecule has 1 aromatic heterocycles. The highest BCUT2D eigenvalue weighted by molar-refractivity contribution is 6.30. The number of ether oxygens (including phenoxy) is 2. The number of benzene rings is 1. The zero-order valence-corrected chi connectivity index (χ0v) is 13.0. The fourth-order valence-electron chi connectivity index (χ4n) is 1.74. The molecule has 0 atom stereocenters. The van der Waals surface area contributed by atoms with Crippen LogP contribution in [0.5, 0.6) is 5.75 Å². The molecule has 0 bridgehead atoms. The molecule has 1 N–H and O–H groups in total. The maximum absolute atomic E-state index is 11.8. The van der Waals surface area contributed by atoms with E-state index in [0.717, 1.165) is 6.42 Å². The Labute approximate surface area is 134 Å². The van der Waals surface area contributed by atoms with E-state index in [1.54, 1.807) is 48.3 Å². The third kappa shape index (κ3) is 5.05. The van der Waals surface area contributed by atoms with Crippen LogP contribution in [0, 0.1) is 0 Å². The molecule has 0 aliphatic carbocycles. The summed E-state index contributed by atoms with van der Waals surface area (Å²) >= 11 is 5.80. The minimum Gasteiger partial charge on any atom is -0.471 e. The minimum absolute atomic E-state index is 0.207. The van der Waals surface area contributed by atoms with Gasteiger partial charge in [-0.15, -0.1) is 0 Å². The van der Waals surface area contributed by atoms with Gasteiger partial charge in [-0.3, -0.25) is 4.79 Å². The van der Waals surface area contributed by atoms with Gasteiger partial charge in [0.25, 0.3) is 5.91 Å². The number of nitrogens with one attached hydrogen (secondary N) is 1. The molecule has 0 radical (unpaired) electrons. The van der Waals surface area contributed by atoms with E-state index in [0.29, 0.717) is 29.6 Å². The first-order valence-corrected chi connectivity index (χ1v) is 7.26. The Morgan fingerprint density at radius 2 is 2.09 bits per heavy atom. The molecule has 2 rings (SSSR count). The third-order valence-electron chi connectivity index (χ3n) is 2.86. The predicted molar refractivity (Wildman–Crippen MR) is 83.1 cm³/mol. The molecule has 1 aromatic carbocycles. The summed E-state index contributed by atoms with van der Waals surface area (Å²) < 4.78 is 12.0. The summed E-state index contributed by atoms with van der Waals surface area (Å²) in [5, 5.41) is 7.59. The summed E-state index contributed by atoms with van der Waals surface area (Å²) in [6.45, 7) is 1.39. The number of methoxy groups -OCH3 is 1. The molecule has 0 aliphatic rings. The van der Waals surface area contributed by atoms with Crippen LogP contribution < -0.4 is 10.1 Å². The molecular weight excluding hydrogens is 306 g/mol. The van der Waals surface area contributed by atoms with Crippen LogP contribution >= 0.6 is 11.6 Å². The molecule has 22 heavy (non-hydrogen) atoms. The molecule has 6 nitrogen and oxygen atoms in total. The van der Waals surface area contributed by atoms with Crippen LogP contribution in [0.4, 0.5) is 0 Å². The quantitative estimate of drug-likeness (QED) is 0.757. The maximum Gasteiger partial charge on any atom is 0.271 e. The first-order valence-electron chi connectivity index (χ1n) is 6.88. The molecule has 0 saturated heterocycles. The van der Waals surface area contributed by atoms with Crippen molar-refractivity contribution in [1.82, 2.24) is 15.1 Å². The fourth-order valence-corrected chi connectivity index (χ4v) is 1.86. The highest BCUT2D eigenvalue weighted by Crippen LogP contribution is 2.15. The van der Waals surface area contributed by atoms with E-state index in [1.165, 1.54) is 0 Å². The van der Waals surface area contributed by atoms with Gasteiger partial charge < -0.3 is 14.8 Å². The normalized spacial score (nSPS) is 10.5. The average molecular weight is 324 g/mol. The maximum atomic E-state index is 11.8. The largest absolute Gasteiger partial charge is 0.471 e. The Morgan fingerprint density at radius 3 is 2.82 bits per heavy atom. The Bertz CT molecular complexity index is 598. The van der Waals surface area contributed by atoms with Crippen molar-refractivity contribution in [2.45, 2.75) is 13.2 Å². The number of carbonyl (C=O) groups is 1. The highest BCUT2D eigenvalue weighted by Gasteiger charge is 2.08. The van der Waals surface area contributed by atoms with Crippen molar-refractivity contribution >= 4 is 17.5 Å². The van der Waals surface area contributed by atoms with Crippen LogP contribution in [0.2, 0.25) is 5.02 Å². The van der Waals surface area contributed by atoms with Crippen LogP contribution in [-0.4, -0.2) is 35.9 Å². The molecule has 0 spiro atoms. The summed E-state index contributed by atoms with van der Waals surface area (Å²) in [7, 11) is 1.63. The lowest BCUT2D eigenvalue weighted by Crippen LogP contribution is -2.25. The van der Waals surface area contributed by atoms with Crippen molar-refractivity contribution in [2.75, 3.05) is 20.3 Å². The second-order valence-corrected chi connectivity index (χ2v) is 5.01. The number of rotatable bonds is 8. The first-order chi connectivity index (χ1) is 10.7. The van der Waals surface area contributed by atoms with Crippen LogP contribution in [0.1, 0.15) is 16.9 Å². The van der Waals surface area contributed by atoms with Gasteiger partial charge in [-0.05, 0) is 36.8 Å². The Hall–Kier alpha value is -2.05. The van der Waals surface area contributed by atoms with Crippen molar-refractivity contribution in [3.8, 4) is 5.75 Å². The zero-order chi connectivity index (χ0) is 15.8. The van der Waals surface area contributed by atoms with E-state index < -0.39 is 0 Å². The second-order valence-electron chi connectivity index (χ2n) is 4.57. The number of carbonyl (C=O) groups excluding carboxylic acids is 1. The van der Waals surface area contributed by atoms with Gasteiger partial charge in [0.15, 0.2) is 6.73 Å². The molecule has 1 amide bonds. The lowest BCUT2D eigenvalue weighted by atomic mass is 10.3. The van der Waals surface area contributed by atoms with Crippen molar-refractivity contribution in [3.05, 3.63) is 47.2 Å². The second kappa shape index (κ2) is 8.41. The summed E-state index contributed by atoms with van der Waals surface area (Å²) in [6.07, 6.45) is 2.46. The summed E-state index contributed by atoms with van der Waals surface area (Å²) in [5.74, 6) is 0.479. The van der Waals surface area contributed by atoms with Gasteiger partial charge in [-0.1, -0.05) is 11.6 Å². The van der Waals surface area contributed by atoms with Crippen LogP contribution in [0.15, 0.2) is 36.5 Å².